The molecular formula is C17H13F2N3O. The van der Waals surface area contributed by atoms with Gasteiger partial charge in [0.15, 0.2) is 5.82 Å². The minimum Gasteiger partial charge on any atom is -0.298 e. The minimum absolute atomic E-state index is 0.0500. The van der Waals surface area contributed by atoms with Gasteiger partial charge < -0.3 is 0 Å². The molecule has 0 unspecified atom stereocenters. The van der Waals surface area contributed by atoms with E-state index >= 15 is 0 Å². The van der Waals surface area contributed by atoms with Crippen molar-refractivity contribution in [1.29, 1.82) is 0 Å². The number of aldehydes is 1. The zero-order valence-electron chi connectivity index (χ0n) is 12.3. The standard InChI is InChI=1S/C17H13F2N3O/c1-17(18,19)14-6-8-15(9-7-14)22-11-20-16(21-22)13-4-2-12(10-23)3-5-13/h2-11H,1H3. The van der Waals surface area contributed by atoms with E-state index < -0.39 is 5.92 Å². The molecule has 0 radical (unpaired) electrons. The predicted octanol–water partition coefficient (Wildman–Crippen LogP) is 3.86. The average molecular weight is 313 g/mol. The predicted molar refractivity (Wildman–Crippen MR) is 81.8 cm³/mol. The molecule has 3 rings (SSSR count). The highest BCUT2D eigenvalue weighted by molar-refractivity contribution is 5.76. The first kappa shape index (κ1) is 15.0. The highest BCUT2D eigenvalue weighted by Gasteiger charge is 2.23. The molecule has 0 aliphatic heterocycles. The van der Waals surface area contributed by atoms with E-state index in [1.165, 1.54) is 23.1 Å². The van der Waals surface area contributed by atoms with Crippen LogP contribution in [0.4, 0.5) is 8.78 Å². The van der Waals surface area contributed by atoms with Crippen LogP contribution in [0.15, 0.2) is 54.9 Å². The molecule has 0 bridgehead atoms. The number of carbonyl (C=O) groups is 1. The summed E-state index contributed by atoms with van der Waals surface area (Å²) in [6.45, 7) is 0.860. The number of aromatic nitrogens is 3. The van der Waals surface area contributed by atoms with Crippen LogP contribution in [0.3, 0.4) is 0 Å². The molecule has 0 aliphatic carbocycles. The number of rotatable bonds is 4. The van der Waals surface area contributed by atoms with Gasteiger partial charge in [-0.25, -0.2) is 18.4 Å². The number of nitrogens with zero attached hydrogens (tertiary/aromatic N) is 3. The van der Waals surface area contributed by atoms with E-state index in [9.17, 15) is 13.6 Å². The van der Waals surface area contributed by atoms with Gasteiger partial charge in [0.25, 0.3) is 5.92 Å². The van der Waals surface area contributed by atoms with Crippen LogP contribution in [0.1, 0.15) is 22.8 Å². The maximum atomic E-state index is 13.2. The van der Waals surface area contributed by atoms with Crippen molar-refractivity contribution in [1.82, 2.24) is 14.8 Å². The van der Waals surface area contributed by atoms with Crippen molar-refractivity contribution in [2.45, 2.75) is 12.8 Å². The summed E-state index contributed by atoms with van der Waals surface area (Å²) in [5, 5.41) is 4.33. The van der Waals surface area contributed by atoms with Crippen molar-refractivity contribution in [2.75, 3.05) is 0 Å². The molecule has 2 aromatic carbocycles. The van der Waals surface area contributed by atoms with Gasteiger partial charge in [-0.2, -0.15) is 0 Å². The Kier molecular flexibility index (Phi) is 3.73. The Morgan fingerprint density at radius 3 is 2.26 bits per heavy atom. The number of hydrogen-bond donors (Lipinski definition) is 0. The molecule has 0 N–H and O–H groups in total. The molecule has 1 aromatic heterocycles. The number of halogens is 2. The monoisotopic (exact) mass is 313 g/mol. The molecule has 0 saturated carbocycles. The Morgan fingerprint density at radius 2 is 1.70 bits per heavy atom. The summed E-state index contributed by atoms with van der Waals surface area (Å²) in [6, 6.07) is 12.8. The molecule has 0 saturated heterocycles. The second-order valence-corrected chi connectivity index (χ2v) is 5.19. The number of hydrogen-bond acceptors (Lipinski definition) is 3. The van der Waals surface area contributed by atoms with Crippen molar-refractivity contribution in [3.05, 3.63) is 66.0 Å². The van der Waals surface area contributed by atoms with Gasteiger partial charge in [-0.15, -0.1) is 5.10 Å². The average Bonchev–Trinajstić information content (AvgIpc) is 3.04. The highest BCUT2D eigenvalue weighted by atomic mass is 19.3. The Morgan fingerprint density at radius 1 is 1.04 bits per heavy atom. The molecule has 0 spiro atoms. The van der Waals surface area contributed by atoms with Crippen LogP contribution >= 0.6 is 0 Å². The third kappa shape index (κ3) is 3.15. The molecule has 0 fully saturated rings. The molecular weight excluding hydrogens is 300 g/mol. The quantitative estimate of drug-likeness (QED) is 0.687. The first-order valence-electron chi connectivity index (χ1n) is 6.93. The second kappa shape index (κ2) is 5.72. The van der Waals surface area contributed by atoms with Crippen LogP contribution in [-0.4, -0.2) is 21.1 Å². The Hall–Kier alpha value is -2.89. The van der Waals surface area contributed by atoms with Crippen LogP contribution in [0.2, 0.25) is 0 Å². The van der Waals surface area contributed by atoms with Crippen molar-refractivity contribution < 1.29 is 13.6 Å². The van der Waals surface area contributed by atoms with Crippen LogP contribution < -0.4 is 0 Å². The fourth-order valence-electron chi connectivity index (χ4n) is 2.14. The Balaban J connectivity index is 1.87. The van der Waals surface area contributed by atoms with Crippen LogP contribution in [0.25, 0.3) is 17.1 Å². The smallest absolute Gasteiger partial charge is 0.270 e. The van der Waals surface area contributed by atoms with Gasteiger partial charge in [-0.05, 0) is 12.1 Å². The first-order chi connectivity index (χ1) is 11.0. The van der Waals surface area contributed by atoms with Gasteiger partial charge in [-0.1, -0.05) is 36.4 Å². The van der Waals surface area contributed by atoms with E-state index in [1.54, 1.807) is 36.4 Å². The van der Waals surface area contributed by atoms with Gasteiger partial charge >= 0.3 is 0 Å². The van der Waals surface area contributed by atoms with Crippen LogP contribution in [0, 0.1) is 0 Å². The molecule has 116 valence electrons. The Bertz CT molecular complexity index is 818. The van der Waals surface area contributed by atoms with E-state index in [1.807, 2.05) is 0 Å². The normalized spacial score (nSPS) is 11.4. The summed E-state index contributed by atoms with van der Waals surface area (Å²) in [4.78, 5) is 14.9. The van der Waals surface area contributed by atoms with Crippen LogP contribution in [0.5, 0.6) is 0 Å². The number of benzene rings is 2. The lowest BCUT2D eigenvalue weighted by Crippen LogP contribution is -2.07. The van der Waals surface area contributed by atoms with E-state index in [0.29, 0.717) is 17.1 Å². The third-order valence-electron chi connectivity index (χ3n) is 3.44. The molecule has 1 heterocycles. The van der Waals surface area contributed by atoms with Gasteiger partial charge in [0.05, 0.1) is 5.69 Å². The lowest BCUT2D eigenvalue weighted by Gasteiger charge is -2.10. The maximum absolute atomic E-state index is 13.2. The van der Waals surface area contributed by atoms with Crippen molar-refractivity contribution in [3.8, 4) is 17.1 Å². The van der Waals surface area contributed by atoms with Crippen molar-refractivity contribution in [2.24, 2.45) is 0 Å². The summed E-state index contributed by atoms with van der Waals surface area (Å²) in [5.41, 5.74) is 1.93. The summed E-state index contributed by atoms with van der Waals surface area (Å²) < 4.78 is 27.9. The van der Waals surface area contributed by atoms with Gasteiger partial charge in [0.2, 0.25) is 0 Å². The Labute approximate surface area is 131 Å². The molecule has 6 heteroatoms. The van der Waals surface area contributed by atoms with Crippen LogP contribution in [-0.2, 0) is 5.92 Å². The second-order valence-electron chi connectivity index (χ2n) is 5.19. The molecule has 3 aromatic rings. The van der Waals surface area contributed by atoms with Gasteiger partial charge in [0, 0.05) is 23.6 Å². The zero-order valence-corrected chi connectivity index (χ0v) is 12.3. The van der Waals surface area contributed by atoms with Crippen molar-refractivity contribution in [3.63, 3.8) is 0 Å². The third-order valence-corrected chi connectivity index (χ3v) is 3.44. The fourth-order valence-corrected chi connectivity index (χ4v) is 2.14. The SMILES string of the molecule is CC(F)(F)c1ccc(-n2cnc(-c3ccc(C=O)cc3)n2)cc1. The first-order valence-corrected chi connectivity index (χ1v) is 6.93. The van der Waals surface area contributed by atoms with Crippen molar-refractivity contribution >= 4 is 6.29 Å². The number of alkyl halides is 2. The largest absolute Gasteiger partial charge is 0.298 e. The maximum Gasteiger partial charge on any atom is 0.270 e. The minimum atomic E-state index is -2.87. The molecule has 23 heavy (non-hydrogen) atoms. The van der Waals surface area contributed by atoms with E-state index in [-0.39, 0.29) is 5.56 Å². The lowest BCUT2D eigenvalue weighted by molar-refractivity contribution is 0.0175. The van der Waals surface area contributed by atoms with Gasteiger partial charge in [0.1, 0.15) is 12.6 Å². The molecule has 0 aliphatic rings. The summed E-state index contributed by atoms with van der Waals surface area (Å²) in [6.07, 6.45) is 2.28. The lowest BCUT2D eigenvalue weighted by atomic mass is 10.1. The molecule has 4 nitrogen and oxygen atoms in total. The summed E-state index contributed by atoms with van der Waals surface area (Å²) in [5.74, 6) is -2.38. The van der Waals surface area contributed by atoms with E-state index in [4.69, 9.17) is 0 Å². The molecule has 0 amide bonds. The fraction of sp³-hybridized carbons (Fsp3) is 0.118. The van der Waals surface area contributed by atoms with Gasteiger partial charge in [-0.3, -0.25) is 4.79 Å². The summed E-state index contributed by atoms with van der Waals surface area (Å²) >= 11 is 0. The van der Waals surface area contributed by atoms with E-state index in [2.05, 4.69) is 10.1 Å². The zero-order chi connectivity index (χ0) is 16.4. The number of carbonyl (C=O) groups excluding carboxylic acids is 1. The summed E-state index contributed by atoms with van der Waals surface area (Å²) in [7, 11) is 0. The van der Waals surface area contributed by atoms with E-state index in [0.717, 1.165) is 18.8 Å². The highest BCUT2D eigenvalue weighted by Crippen LogP contribution is 2.27. The topological polar surface area (TPSA) is 47.8 Å². The molecule has 0 atom stereocenters.